The van der Waals surface area contributed by atoms with Gasteiger partial charge in [0, 0.05) is 24.9 Å². The summed E-state index contributed by atoms with van der Waals surface area (Å²) < 4.78 is 11.8. The molecule has 1 saturated heterocycles. The smallest absolute Gasteiger partial charge is 0.170 e. The Labute approximate surface area is 181 Å². The molecule has 2 N–H and O–H groups in total. The number of nitrogens with one attached hydrogen (secondary N) is 1. The van der Waals surface area contributed by atoms with Crippen LogP contribution in [0.15, 0.2) is 65.2 Å². The Morgan fingerprint density at radius 1 is 1.17 bits per heavy atom. The number of aliphatic hydroxyl groups excluding tert-OH is 1. The molecular weight excluding hydrogens is 398 g/mol. The summed E-state index contributed by atoms with van der Waals surface area (Å²) in [5.41, 5.74) is 1.88. The highest BCUT2D eigenvalue weighted by Gasteiger charge is 2.41. The van der Waals surface area contributed by atoms with Crippen LogP contribution in [0.1, 0.15) is 36.9 Å². The average molecular weight is 424 g/mol. The van der Waals surface area contributed by atoms with Gasteiger partial charge < -0.3 is 24.5 Å². The van der Waals surface area contributed by atoms with Gasteiger partial charge in [-0.2, -0.15) is 0 Å². The minimum atomic E-state index is -0.143. The molecule has 0 radical (unpaired) electrons. The predicted molar refractivity (Wildman–Crippen MR) is 119 cm³/mol. The highest BCUT2D eigenvalue weighted by molar-refractivity contribution is 7.80. The lowest BCUT2D eigenvalue weighted by atomic mass is 10.0. The highest BCUT2D eigenvalue weighted by Crippen LogP contribution is 2.40. The molecule has 6 nitrogen and oxygen atoms in total. The van der Waals surface area contributed by atoms with Crippen LogP contribution in [-0.4, -0.2) is 39.9 Å². The summed E-state index contributed by atoms with van der Waals surface area (Å²) in [7, 11) is 0. The number of furan rings is 1. The van der Waals surface area contributed by atoms with E-state index in [-0.39, 0.29) is 18.7 Å². The zero-order valence-electron chi connectivity index (χ0n) is 16.8. The monoisotopic (exact) mass is 423 g/mol. The Bertz CT molecular complexity index is 975. The Morgan fingerprint density at radius 3 is 2.70 bits per heavy atom. The fourth-order valence-corrected chi connectivity index (χ4v) is 4.08. The lowest BCUT2D eigenvalue weighted by molar-refractivity contribution is 0.233. The number of hydrogen-bond donors (Lipinski definition) is 2. The third kappa shape index (κ3) is 4.17. The van der Waals surface area contributed by atoms with E-state index in [9.17, 15) is 5.11 Å². The number of hydrogen-bond acceptors (Lipinski definition) is 5. The van der Waals surface area contributed by atoms with Gasteiger partial charge in [0.05, 0.1) is 18.3 Å². The van der Waals surface area contributed by atoms with Crippen molar-refractivity contribution in [3.8, 4) is 17.1 Å². The first kappa shape index (κ1) is 20.4. The molecular formula is C23H25N3O3S. The molecule has 0 bridgehead atoms. The minimum absolute atomic E-state index is 0.107. The SMILES string of the molecule is CCOc1ccc(-c2ccc([C@@H]3[C@H](c4ccccn4)NC(=S)N3CCCO)o2)cc1. The van der Waals surface area contributed by atoms with Crippen molar-refractivity contribution in [2.75, 3.05) is 19.8 Å². The van der Waals surface area contributed by atoms with Crippen LogP contribution in [0.3, 0.4) is 0 Å². The largest absolute Gasteiger partial charge is 0.494 e. The van der Waals surface area contributed by atoms with Gasteiger partial charge in [-0.3, -0.25) is 4.98 Å². The van der Waals surface area contributed by atoms with Crippen LogP contribution in [-0.2, 0) is 0 Å². The normalized spacial score (nSPS) is 18.5. The maximum atomic E-state index is 9.33. The minimum Gasteiger partial charge on any atom is -0.494 e. The van der Waals surface area contributed by atoms with Gasteiger partial charge in [-0.25, -0.2) is 0 Å². The Hall–Kier alpha value is -2.90. The summed E-state index contributed by atoms with van der Waals surface area (Å²) in [6.45, 7) is 3.34. The molecule has 3 heterocycles. The second-order valence-electron chi connectivity index (χ2n) is 7.06. The van der Waals surface area contributed by atoms with E-state index in [1.165, 1.54) is 0 Å². The molecule has 1 aliphatic rings. The summed E-state index contributed by atoms with van der Waals surface area (Å²) >= 11 is 5.60. The summed E-state index contributed by atoms with van der Waals surface area (Å²) in [6.07, 6.45) is 2.40. The van der Waals surface area contributed by atoms with Gasteiger partial charge in [0.25, 0.3) is 0 Å². The topological polar surface area (TPSA) is 70.8 Å². The molecule has 0 unspecified atom stereocenters. The van der Waals surface area contributed by atoms with Crippen molar-refractivity contribution < 1.29 is 14.3 Å². The van der Waals surface area contributed by atoms with Gasteiger partial charge in [-0.15, -0.1) is 0 Å². The number of rotatable bonds is 8. The van der Waals surface area contributed by atoms with Crippen molar-refractivity contribution >= 4 is 17.3 Å². The van der Waals surface area contributed by atoms with Crippen molar-refractivity contribution in [2.24, 2.45) is 0 Å². The first-order valence-corrected chi connectivity index (χ1v) is 10.5. The third-order valence-electron chi connectivity index (χ3n) is 5.12. The molecule has 2 atom stereocenters. The molecule has 156 valence electrons. The number of ether oxygens (including phenoxy) is 1. The fraction of sp³-hybridized carbons (Fsp3) is 0.304. The molecule has 0 spiro atoms. The van der Waals surface area contributed by atoms with E-state index in [1.807, 2.05) is 61.5 Å². The van der Waals surface area contributed by atoms with Crippen LogP contribution in [0.2, 0.25) is 0 Å². The van der Waals surface area contributed by atoms with E-state index in [0.717, 1.165) is 28.5 Å². The molecule has 2 aromatic heterocycles. The van der Waals surface area contributed by atoms with E-state index >= 15 is 0 Å². The summed E-state index contributed by atoms with van der Waals surface area (Å²) in [4.78, 5) is 6.60. The standard InChI is InChI=1S/C23H25N3O3S/c1-2-28-17-9-7-16(8-10-17)19-11-12-20(29-19)22-21(18-6-3-4-13-24-18)25-23(30)26(22)14-5-15-27/h3-4,6-13,21-22,27H,2,5,14-15H2,1H3,(H,25,30)/t21-,22+/m0/s1. The van der Waals surface area contributed by atoms with Gasteiger partial charge in [-0.1, -0.05) is 6.07 Å². The van der Waals surface area contributed by atoms with E-state index in [0.29, 0.717) is 24.7 Å². The number of benzene rings is 1. The Balaban J connectivity index is 1.65. The molecule has 7 heteroatoms. The molecule has 30 heavy (non-hydrogen) atoms. The highest BCUT2D eigenvalue weighted by atomic mass is 32.1. The van der Waals surface area contributed by atoms with Crippen LogP contribution in [0.4, 0.5) is 0 Å². The zero-order valence-corrected chi connectivity index (χ0v) is 17.6. The lowest BCUT2D eigenvalue weighted by Gasteiger charge is -2.25. The Morgan fingerprint density at radius 2 is 2.00 bits per heavy atom. The quantitative estimate of drug-likeness (QED) is 0.529. The summed E-state index contributed by atoms with van der Waals surface area (Å²) in [5, 5.41) is 13.4. The van der Waals surface area contributed by atoms with Gasteiger partial charge >= 0.3 is 0 Å². The van der Waals surface area contributed by atoms with Gasteiger partial charge in [0.2, 0.25) is 0 Å². The van der Waals surface area contributed by atoms with E-state index in [1.54, 1.807) is 6.20 Å². The fourth-order valence-electron chi connectivity index (χ4n) is 3.75. The molecule has 1 aliphatic heterocycles. The van der Waals surface area contributed by atoms with Crippen molar-refractivity contribution in [2.45, 2.75) is 25.4 Å². The lowest BCUT2D eigenvalue weighted by Crippen LogP contribution is -2.30. The van der Waals surface area contributed by atoms with Crippen LogP contribution >= 0.6 is 12.2 Å². The average Bonchev–Trinajstić information content (AvgIpc) is 3.38. The van der Waals surface area contributed by atoms with Gasteiger partial charge in [0.1, 0.15) is 23.3 Å². The molecule has 0 saturated carbocycles. The summed E-state index contributed by atoms with van der Waals surface area (Å²) in [5.74, 6) is 2.43. The summed E-state index contributed by atoms with van der Waals surface area (Å²) in [6, 6.07) is 17.4. The molecule has 1 aromatic carbocycles. The second kappa shape index (κ2) is 9.28. The third-order valence-corrected chi connectivity index (χ3v) is 5.48. The van der Waals surface area contributed by atoms with E-state index in [2.05, 4.69) is 15.2 Å². The number of nitrogens with zero attached hydrogens (tertiary/aromatic N) is 2. The second-order valence-corrected chi connectivity index (χ2v) is 7.44. The predicted octanol–water partition coefficient (Wildman–Crippen LogP) is 4.10. The van der Waals surface area contributed by atoms with Gasteiger partial charge in [0.15, 0.2) is 5.11 Å². The molecule has 3 aromatic rings. The maximum Gasteiger partial charge on any atom is 0.170 e. The number of aliphatic hydroxyl groups is 1. The number of thiocarbonyl (C=S) groups is 1. The van der Waals surface area contributed by atoms with Crippen molar-refractivity contribution in [1.82, 2.24) is 15.2 Å². The van der Waals surface area contributed by atoms with Crippen molar-refractivity contribution in [3.05, 3.63) is 72.2 Å². The number of aromatic nitrogens is 1. The maximum absolute atomic E-state index is 9.33. The van der Waals surface area contributed by atoms with Gasteiger partial charge in [-0.05, 0) is 74.1 Å². The van der Waals surface area contributed by atoms with Crippen molar-refractivity contribution in [1.29, 1.82) is 0 Å². The molecule has 4 rings (SSSR count). The number of pyridine rings is 1. The Kier molecular flexibility index (Phi) is 6.30. The first-order chi connectivity index (χ1) is 14.7. The molecule has 1 fully saturated rings. The van der Waals surface area contributed by atoms with Crippen LogP contribution in [0, 0.1) is 0 Å². The van der Waals surface area contributed by atoms with Crippen LogP contribution in [0.5, 0.6) is 5.75 Å². The van der Waals surface area contributed by atoms with Crippen LogP contribution < -0.4 is 10.1 Å². The molecule has 0 aliphatic carbocycles. The van der Waals surface area contributed by atoms with E-state index in [4.69, 9.17) is 21.4 Å². The molecule has 0 amide bonds. The van der Waals surface area contributed by atoms with Crippen molar-refractivity contribution in [3.63, 3.8) is 0 Å². The first-order valence-electron chi connectivity index (χ1n) is 10.1. The zero-order chi connectivity index (χ0) is 20.9. The van der Waals surface area contributed by atoms with Crippen LogP contribution in [0.25, 0.3) is 11.3 Å². The van der Waals surface area contributed by atoms with E-state index < -0.39 is 0 Å².